The smallest absolute Gasteiger partial charge is 0.0698 e. The normalized spacial score (nSPS) is 28.6. The third-order valence-electron chi connectivity index (χ3n) is 9.94. The second kappa shape index (κ2) is 20.0. The van der Waals surface area contributed by atoms with Gasteiger partial charge in [0.2, 0.25) is 0 Å². The van der Waals surface area contributed by atoms with E-state index < -0.39 is 0 Å². The van der Waals surface area contributed by atoms with Crippen molar-refractivity contribution >= 4 is 0 Å². The van der Waals surface area contributed by atoms with Gasteiger partial charge in [0.05, 0.1) is 18.2 Å². The van der Waals surface area contributed by atoms with Crippen LogP contribution in [0.15, 0.2) is 11.8 Å². The van der Waals surface area contributed by atoms with Crippen LogP contribution in [0.5, 0.6) is 0 Å². The van der Waals surface area contributed by atoms with Crippen LogP contribution in [-0.2, 0) is 0 Å². The predicted molar refractivity (Wildman–Crippen MR) is 179 cm³/mol. The molecule has 0 aromatic rings. The summed E-state index contributed by atoms with van der Waals surface area (Å²) in [5, 5.41) is 9.44. The number of rotatable bonds is 9. The Balaban J connectivity index is 0.00000199. The van der Waals surface area contributed by atoms with Crippen molar-refractivity contribution in [2.24, 2.45) is 40.4 Å². The molecule has 5 atom stereocenters. The molecule has 0 bridgehead atoms. The van der Waals surface area contributed by atoms with Gasteiger partial charge in [0, 0.05) is 25.2 Å². The van der Waals surface area contributed by atoms with Crippen LogP contribution in [0.3, 0.4) is 0 Å². The largest absolute Gasteiger partial charge is 0.365 e. The van der Waals surface area contributed by atoms with Gasteiger partial charge < -0.3 is 4.90 Å². The highest BCUT2D eigenvalue weighted by molar-refractivity contribution is 5.15. The Morgan fingerprint density at radius 1 is 0.950 bits per heavy atom. The van der Waals surface area contributed by atoms with E-state index in [1.807, 2.05) is 41.5 Å². The molecule has 0 radical (unpaired) electrons. The third-order valence-corrected chi connectivity index (χ3v) is 9.94. The van der Waals surface area contributed by atoms with Gasteiger partial charge in [0.1, 0.15) is 0 Å². The summed E-state index contributed by atoms with van der Waals surface area (Å²) in [6.45, 7) is 25.5. The van der Waals surface area contributed by atoms with Gasteiger partial charge in [-0.05, 0) is 89.0 Å². The van der Waals surface area contributed by atoms with Gasteiger partial charge in [-0.2, -0.15) is 5.26 Å². The van der Waals surface area contributed by atoms with Crippen LogP contribution in [0, 0.1) is 51.8 Å². The van der Waals surface area contributed by atoms with Crippen molar-refractivity contribution in [3.63, 3.8) is 0 Å². The minimum absolute atomic E-state index is 0.304. The molecule has 3 nitrogen and oxygen atoms in total. The number of nitrogens with zero attached hydrogens (tertiary/aromatic N) is 3. The number of nitriles is 1. The highest BCUT2D eigenvalue weighted by Crippen LogP contribution is 2.61. The Hall–Kier alpha value is -1.01. The van der Waals surface area contributed by atoms with Crippen molar-refractivity contribution in [1.82, 2.24) is 9.80 Å². The highest BCUT2D eigenvalue weighted by Gasteiger charge is 2.54. The Morgan fingerprint density at radius 2 is 1.52 bits per heavy atom. The van der Waals surface area contributed by atoms with E-state index in [0.29, 0.717) is 11.3 Å². The van der Waals surface area contributed by atoms with Crippen LogP contribution in [0.4, 0.5) is 0 Å². The lowest BCUT2D eigenvalue weighted by molar-refractivity contribution is 0.0114. The molecule has 0 spiro atoms. The van der Waals surface area contributed by atoms with Crippen molar-refractivity contribution in [2.75, 3.05) is 27.3 Å². The van der Waals surface area contributed by atoms with Crippen molar-refractivity contribution in [3.05, 3.63) is 11.8 Å². The minimum Gasteiger partial charge on any atom is -0.365 e. The molecule has 0 heterocycles. The highest BCUT2D eigenvalue weighted by atomic mass is 15.3. The van der Waals surface area contributed by atoms with E-state index in [0.717, 1.165) is 36.9 Å². The van der Waals surface area contributed by atoms with Crippen molar-refractivity contribution in [3.8, 4) is 6.07 Å². The second-order valence-corrected chi connectivity index (χ2v) is 13.8. The summed E-state index contributed by atoms with van der Waals surface area (Å²) in [5.41, 5.74) is 1.69. The molecule has 0 saturated heterocycles. The zero-order valence-electron chi connectivity index (χ0n) is 29.7. The summed E-state index contributed by atoms with van der Waals surface area (Å²) in [5.74, 6) is 4.42. The van der Waals surface area contributed by atoms with Crippen LogP contribution in [0.25, 0.3) is 0 Å². The van der Waals surface area contributed by atoms with E-state index in [4.69, 9.17) is 0 Å². The molecule has 3 heteroatoms. The molecular weight excluding hydrogens is 486 g/mol. The third kappa shape index (κ3) is 11.3. The molecule has 3 unspecified atom stereocenters. The first kappa shape index (κ1) is 39.0. The zero-order valence-corrected chi connectivity index (χ0v) is 29.7. The van der Waals surface area contributed by atoms with E-state index >= 15 is 0 Å². The topological polar surface area (TPSA) is 30.3 Å². The van der Waals surface area contributed by atoms with Gasteiger partial charge in [0.25, 0.3) is 0 Å². The molecule has 3 fully saturated rings. The number of fused-ring (bicyclic) bond motifs is 1. The summed E-state index contributed by atoms with van der Waals surface area (Å²) in [4.78, 5) is 4.80. The fourth-order valence-electron chi connectivity index (χ4n) is 8.24. The minimum atomic E-state index is -0.304. The van der Waals surface area contributed by atoms with Crippen LogP contribution >= 0.6 is 0 Å². The van der Waals surface area contributed by atoms with Gasteiger partial charge in [-0.1, -0.05) is 106 Å². The molecule has 236 valence electrons. The first-order chi connectivity index (χ1) is 19.0. The molecular formula is C37H73N3. The summed E-state index contributed by atoms with van der Waals surface area (Å²) >= 11 is 0. The summed E-state index contributed by atoms with van der Waals surface area (Å²) in [6, 6.07) is 2.46. The first-order valence-corrected chi connectivity index (χ1v) is 17.5. The molecule has 3 saturated carbocycles. The van der Waals surface area contributed by atoms with Gasteiger partial charge in [-0.15, -0.1) is 0 Å². The van der Waals surface area contributed by atoms with E-state index in [-0.39, 0.29) is 5.41 Å². The number of hydrogen-bond acceptors (Lipinski definition) is 3. The van der Waals surface area contributed by atoms with Gasteiger partial charge in [0.15, 0.2) is 0 Å². The van der Waals surface area contributed by atoms with E-state index in [9.17, 15) is 5.26 Å². The average molecular weight is 560 g/mol. The van der Waals surface area contributed by atoms with E-state index in [2.05, 4.69) is 70.7 Å². The zero-order chi connectivity index (χ0) is 30.9. The van der Waals surface area contributed by atoms with Crippen molar-refractivity contribution in [2.45, 2.75) is 153 Å². The van der Waals surface area contributed by atoms with Crippen LogP contribution < -0.4 is 0 Å². The maximum absolute atomic E-state index is 9.44. The SMILES string of the molecule is C/C=C(/C1CC[C@H]2C(CCC3CCCCC3)[C@@H](C)CCC12C)N(C)CN(C)CC(C)(C)C#N.CC.CC.CCC. The maximum Gasteiger partial charge on any atom is 0.0698 e. The molecule has 3 rings (SSSR count). The molecule has 0 aromatic heterocycles. The lowest BCUT2D eigenvalue weighted by Crippen LogP contribution is -2.44. The predicted octanol–water partition coefficient (Wildman–Crippen LogP) is 11.2. The van der Waals surface area contributed by atoms with E-state index in [1.54, 1.807) is 5.70 Å². The number of allylic oxidation sites excluding steroid dienone is 2. The molecule has 0 aliphatic heterocycles. The molecule has 40 heavy (non-hydrogen) atoms. The Labute approximate surface area is 253 Å². The lowest BCUT2D eigenvalue weighted by Gasteiger charge is -2.50. The Bertz CT molecular complexity index is 713. The van der Waals surface area contributed by atoms with Crippen LogP contribution in [0.2, 0.25) is 0 Å². The molecule has 0 N–H and O–H groups in total. The second-order valence-electron chi connectivity index (χ2n) is 13.8. The molecule has 0 amide bonds. The van der Waals surface area contributed by atoms with Crippen molar-refractivity contribution < 1.29 is 0 Å². The van der Waals surface area contributed by atoms with Crippen molar-refractivity contribution in [1.29, 1.82) is 5.26 Å². The molecule has 3 aliphatic carbocycles. The lowest BCUT2D eigenvalue weighted by atomic mass is 9.56. The van der Waals surface area contributed by atoms with Gasteiger partial charge >= 0.3 is 0 Å². The van der Waals surface area contributed by atoms with Crippen LogP contribution in [-0.4, -0.2) is 37.1 Å². The van der Waals surface area contributed by atoms with Gasteiger partial charge in [-0.25, -0.2) is 0 Å². The maximum atomic E-state index is 9.44. The van der Waals surface area contributed by atoms with E-state index in [1.165, 1.54) is 77.0 Å². The average Bonchev–Trinajstić information content (AvgIpc) is 3.28. The fourth-order valence-corrected chi connectivity index (χ4v) is 8.24. The quantitative estimate of drug-likeness (QED) is 0.263. The molecule has 3 aliphatic rings. The Kier molecular flexibility index (Phi) is 19.5. The standard InChI is InChI=1S/C30H53N3.C3H8.2C2H6/c1-8-28(33(7)22-32(6)21-29(3,4)20-31)27-17-16-26-25(23(2)18-19-30(26,27)5)15-14-24-12-10-9-11-13-24;1-3-2;2*1-2/h8,23-27H,9-19,21-22H2,1-7H3;3H2,1-2H3;2*1-2H3/b28-8-;;;/t23-,25?,26-,27?,30?;;;/m0.../s1. The summed E-state index contributed by atoms with van der Waals surface area (Å²) in [7, 11) is 4.43. The number of hydrogen-bond donors (Lipinski definition) is 0. The van der Waals surface area contributed by atoms with Gasteiger partial charge in [-0.3, -0.25) is 4.90 Å². The van der Waals surface area contributed by atoms with Crippen LogP contribution in [0.1, 0.15) is 153 Å². The fraction of sp³-hybridized carbons (Fsp3) is 0.919. The summed E-state index contributed by atoms with van der Waals surface area (Å²) < 4.78 is 0. The monoisotopic (exact) mass is 560 g/mol. The summed E-state index contributed by atoms with van der Waals surface area (Å²) in [6.07, 6.45) is 19.6. The molecule has 0 aromatic carbocycles. The Morgan fingerprint density at radius 3 is 2.05 bits per heavy atom. The first-order valence-electron chi connectivity index (χ1n) is 17.5.